The van der Waals surface area contributed by atoms with Gasteiger partial charge in [-0.2, -0.15) is 0 Å². The number of aromatic nitrogens is 1. The summed E-state index contributed by atoms with van der Waals surface area (Å²) in [6.45, 7) is 4.08. The van der Waals surface area contributed by atoms with Gasteiger partial charge in [-0.05, 0) is 48.7 Å². The van der Waals surface area contributed by atoms with Crippen molar-refractivity contribution in [2.24, 2.45) is 0 Å². The Kier molecular flexibility index (Phi) is 2.42. The minimum absolute atomic E-state index is 0.798. The van der Waals surface area contributed by atoms with Crippen molar-refractivity contribution in [2.75, 3.05) is 5.73 Å². The van der Waals surface area contributed by atoms with Crippen LogP contribution in [0.2, 0.25) is 0 Å². The van der Waals surface area contributed by atoms with Crippen LogP contribution in [0.3, 0.4) is 0 Å². The van der Waals surface area contributed by atoms with E-state index in [1.165, 1.54) is 5.56 Å². The molecule has 0 saturated heterocycles. The molecular formula is C13H14N2. The zero-order valence-corrected chi connectivity index (χ0v) is 8.99. The van der Waals surface area contributed by atoms with Crippen LogP contribution in [0.1, 0.15) is 11.1 Å². The fourth-order valence-electron chi connectivity index (χ4n) is 1.69. The normalized spacial score (nSPS) is 10.3. The van der Waals surface area contributed by atoms with Gasteiger partial charge in [0.25, 0.3) is 0 Å². The van der Waals surface area contributed by atoms with Gasteiger partial charge in [0.2, 0.25) is 0 Å². The zero-order valence-electron chi connectivity index (χ0n) is 8.99. The predicted molar refractivity (Wildman–Crippen MR) is 63.6 cm³/mol. The molecule has 0 fully saturated rings. The topological polar surface area (TPSA) is 38.9 Å². The summed E-state index contributed by atoms with van der Waals surface area (Å²) < 4.78 is 0. The number of aryl methyl sites for hydroxylation is 2. The van der Waals surface area contributed by atoms with Gasteiger partial charge in [0.1, 0.15) is 0 Å². The molecule has 0 bridgehead atoms. The molecule has 2 rings (SSSR count). The maximum atomic E-state index is 5.81. The van der Waals surface area contributed by atoms with Crippen LogP contribution in [0.25, 0.3) is 11.1 Å². The van der Waals surface area contributed by atoms with Crippen LogP contribution in [0, 0.1) is 13.8 Å². The van der Waals surface area contributed by atoms with E-state index in [9.17, 15) is 0 Å². The lowest BCUT2D eigenvalue weighted by atomic mass is 10.0. The number of nitrogens with zero attached hydrogens (tertiary/aromatic N) is 1. The summed E-state index contributed by atoms with van der Waals surface area (Å²) in [5.74, 6) is 0. The van der Waals surface area contributed by atoms with Gasteiger partial charge in [-0.3, -0.25) is 4.98 Å². The molecule has 2 nitrogen and oxygen atoms in total. The number of rotatable bonds is 1. The number of nitrogens with two attached hydrogens (primary N) is 1. The Labute approximate surface area is 89.8 Å². The van der Waals surface area contributed by atoms with Crippen LogP contribution in [-0.4, -0.2) is 4.98 Å². The quantitative estimate of drug-likeness (QED) is 0.715. The van der Waals surface area contributed by atoms with Gasteiger partial charge >= 0.3 is 0 Å². The molecule has 0 spiro atoms. The zero-order chi connectivity index (χ0) is 10.8. The van der Waals surface area contributed by atoms with Crippen molar-refractivity contribution < 1.29 is 0 Å². The Morgan fingerprint density at radius 1 is 0.867 bits per heavy atom. The summed E-state index contributed by atoms with van der Waals surface area (Å²) in [6, 6.07) is 8.17. The van der Waals surface area contributed by atoms with Crippen molar-refractivity contribution in [1.82, 2.24) is 4.98 Å². The molecule has 2 aromatic rings. The van der Waals surface area contributed by atoms with Gasteiger partial charge < -0.3 is 5.73 Å². The lowest BCUT2D eigenvalue weighted by molar-refractivity contribution is 1.27. The number of benzene rings is 1. The van der Waals surface area contributed by atoms with Gasteiger partial charge in [-0.15, -0.1) is 0 Å². The van der Waals surface area contributed by atoms with E-state index in [4.69, 9.17) is 5.73 Å². The second-order valence-electron chi connectivity index (χ2n) is 3.88. The van der Waals surface area contributed by atoms with E-state index < -0.39 is 0 Å². The maximum absolute atomic E-state index is 5.81. The predicted octanol–water partition coefficient (Wildman–Crippen LogP) is 2.95. The third kappa shape index (κ3) is 2.15. The Hall–Kier alpha value is -1.83. The second-order valence-corrected chi connectivity index (χ2v) is 3.88. The SMILES string of the molecule is Cc1cncc(-c2cc(C)cc(N)c2)c1. The van der Waals surface area contributed by atoms with E-state index in [2.05, 4.69) is 17.1 Å². The molecule has 0 saturated carbocycles. The van der Waals surface area contributed by atoms with Crippen molar-refractivity contribution >= 4 is 5.69 Å². The van der Waals surface area contributed by atoms with Crippen LogP contribution >= 0.6 is 0 Å². The third-order valence-corrected chi connectivity index (χ3v) is 2.31. The van der Waals surface area contributed by atoms with Crippen LogP contribution in [0.15, 0.2) is 36.7 Å². The first-order valence-electron chi connectivity index (χ1n) is 4.94. The lowest BCUT2D eigenvalue weighted by Crippen LogP contribution is -1.88. The fourth-order valence-corrected chi connectivity index (χ4v) is 1.69. The highest BCUT2D eigenvalue weighted by atomic mass is 14.6. The summed E-state index contributed by atoms with van der Waals surface area (Å²) in [4.78, 5) is 4.18. The Bertz CT molecular complexity index is 469. The van der Waals surface area contributed by atoms with Crippen molar-refractivity contribution in [2.45, 2.75) is 13.8 Å². The molecule has 0 aliphatic rings. The van der Waals surface area contributed by atoms with Gasteiger partial charge in [0.15, 0.2) is 0 Å². The minimum Gasteiger partial charge on any atom is -0.399 e. The van der Waals surface area contributed by atoms with Crippen LogP contribution in [-0.2, 0) is 0 Å². The summed E-state index contributed by atoms with van der Waals surface area (Å²) in [5, 5.41) is 0. The van der Waals surface area contributed by atoms with Crippen LogP contribution in [0.5, 0.6) is 0 Å². The number of anilines is 1. The highest BCUT2D eigenvalue weighted by molar-refractivity contribution is 5.68. The van der Waals surface area contributed by atoms with Gasteiger partial charge in [-0.1, -0.05) is 6.07 Å². The highest BCUT2D eigenvalue weighted by Crippen LogP contribution is 2.23. The lowest BCUT2D eigenvalue weighted by Gasteiger charge is -2.05. The molecule has 2 heteroatoms. The molecule has 0 amide bonds. The monoisotopic (exact) mass is 198 g/mol. The largest absolute Gasteiger partial charge is 0.399 e. The smallest absolute Gasteiger partial charge is 0.0346 e. The average Bonchev–Trinajstić information content (AvgIpc) is 2.16. The van der Waals surface area contributed by atoms with E-state index in [0.29, 0.717) is 0 Å². The second kappa shape index (κ2) is 3.73. The summed E-state index contributed by atoms with van der Waals surface area (Å²) in [6.07, 6.45) is 3.71. The third-order valence-electron chi connectivity index (χ3n) is 2.31. The Balaban J connectivity index is 2.54. The molecule has 2 N–H and O–H groups in total. The molecule has 1 aromatic carbocycles. The van der Waals surface area contributed by atoms with Crippen molar-refractivity contribution in [3.05, 3.63) is 47.8 Å². The molecule has 76 valence electrons. The summed E-state index contributed by atoms with van der Waals surface area (Å²) in [5.41, 5.74) is 11.2. The van der Waals surface area contributed by atoms with E-state index in [0.717, 1.165) is 22.4 Å². The average molecular weight is 198 g/mol. The minimum atomic E-state index is 0.798. The first-order valence-corrected chi connectivity index (χ1v) is 4.94. The first kappa shape index (κ1) is 9.71. The fraction of sp³-hybridized carbons (Fsp3) is 0.154. The molecule has 1 aromatic heterocycles. The summed E-state index contributed by atoms with van der Waals surface area (Å²) in [7, 11) is 0. The van der Waals surface area contributed by atoms with Gasteiger partial charge in [0.05, 0.1) is 0 Å². The molecule has 0 aliphatic heterocycles. The highest BCUT2D eigenvalue weighted by Gasteiger charge is 2.00. The Morgan fingerprint density at radius 2 is 1.60 bits per heavy atom. The van der Waals surface area contributed by atoms with Crippen molar-refractivity contribution in [3.8, 4) is 11.1 Å². The Morgan fingerprint density at radius 3 is 2.27 bits per heavy atom. The molecule has 0 atom stereocenters. The van der Waals surface area contributed by atoms with E-state index >= 15 is 0 Å². The molecule has 1 heterocycles. The molecule has 0 unspecified atom stereocenters. The van der Waals surface area contributed by atoms with E-state index in [1.54, 1.807) is 0 Å². The van der Waals surface area contributed by atoms with Crippen LogP contribution < -0.4 is 5.73 Å². The van der Waals surface area contributed by atoms with Gasteiger partial charge in [0, 0.05) is 23.6 Å². The van der Waals surface area contributed by atoms with Crippen molar-refractivity contribution in [1.29, 1.82) is 0 Å². The van der Waals surface area contributed by atoms with Crippen molar-refractivity contribution in [3.63, 3.8) is 0 Å². The molecule has 15 heavy (non-hydrogen) atoms. The molecule has 0 radical (unpaired) electrons. The number of nitrogen functional groups attached to an aromatic ring is 1. The first-order chi connectivity index (χ1) is 7.15. The number of pyridine rings is 1. The number of hydrogen-bond acceptors (Lipinski definition) is 2. The maximum Gasteiger partial charge on any atom is 0.0346 e. The number of hydrogen-bond donors (Lipinski definition) is 1. The standard InChI is InChI=1S/C13H14N2/c1-9-3-11(6-13(14)5-9)12-4-10(2)7-15-8-12/h3-8H,14H2,1-2H3. The van der Waals surface area contributed by atoms with E-state index in [1.807, 2.05) is 38.4 Å². The van der Waals surface area contributed by atoms with E-state index in [-0.39, 0.29) is 0 Å². The summed E-state index contributed by atoms with van der Waals surface area (Å²) >= 11 is 0. The molecule has 0 aliphatic carbocycles. The molecular weight excluding hydrogens is 184 g/mol. The van der Waals surface area contributed by atoms with Gasteiger partial charge in [-0.25, -0.2) is 0 Å². The van der Waals surface area contributed by atoms with Crippen LogP contribution in [0.4, 0.5) is 5.69 Å².